The van der Waals surface area contributed by atoms with Crippen molar-refractivity contribution in [3.63, 3.8) is 0 Å². The number of rotatable bonds is 7. The van der Waals surface area contributed by atoms with E-state index in [2.05, 4.69) is 10.6 Å². The Labute approximate surface area is 215 Å². The highest BCUT2D eigenvalue weighted by Crippen LogP contribution is 2.19. The first-order valence-corrected chi connectivity index (χ1v) is 12.2. The maximum Gasteiger partial charge on any atom is 0.308 e. The van der Waals surface area contributed by atoms with Crippen LogP contribution in [0.3, 0.4) is 0 Å². The van der Waals surface area contributed by atoms with E-state index in [4.69, 9.17) is 17.0 Å². The minimum atomic E-state index is -0.849. The standard InChI is InChI=1S/C28H27N3O4S/c32-25(14-13-22-11-6-10-21-9-4-5-12-23(21)22)30-28(36)31-17-16-29-27(34)24(31)19-26(33)35-18-15-20-7-2-1-3-8-20/h1-14,24H,15-19H2,(H,29,34)(H,30,32,36)/b14-13+. The van der Waals surface area contributed by atoms with Crippen LogP contribution in [0.4, 0.5) is 0 Å². The summed E-state index contributed by atoms with van der Waals surface area (Å²) in [6.07, 6.45) is 3.56. The average molecular weight is 502 g/mol. The highest BCUT2D eigenvalue weighted by molar-refractivity contribution is 7.80. The molecule has 1 heterocycles. The van der Waals surface area contributed by atoms with Crippen molar-refractivity contribution in [3.8, 4) is 0 Å². The minimum Gasteiger partial charge on any atom is -0.465 e. The maximum atomic E-state index is 12.6. The molecule has 4 rings (SSSR count). The summed E-state index contributed by atoms with van der Waals surface area (Å²) in [4.78, 5) is 39.1. The van der Waals surface area contributed by atoms with E-state index in [9.17, 15) is 14.4 Å². The van der Waals surface area contributed by atoms with Gasteiger partial charge >= 0.3 is 5.97 Å². The van der Waals surface area contributed by atoms with Gasteiger partial charge in [-0.25, -0.2) is 0 Å². The number of hydrogen-bond acceptors (Lipinski definition) is 5. The van der Waals surface area contributed by atoms with Gasteiger partial charge in [-0.3, -0.25) is 19.7 Å². The second-order valence-corrected chi connectivity index (χ2v) is 8.74. The number of hydrogen-bond donors (Lipinski definition) is 2. The van der Waals surface area contributed by atoms with Crippen molar-refractivity contribution in [1.29, 1.82) is 0 Å². The molecule has 0 bridgehead atoms. The number of carbonyl (C=O) groups excluding carboxylic acids is 3. The largest absolute Gasteiger partial charge is 0.465 e. The van der Waals surface area contributed by atoms with Crippen LogP contribution in [0.1, 0.15) is 17.5 Å². The number of carbonyl (C=O) groups is 3. The normalized spacial score (nSPS) is 15.5. The van der Waals surface area contributed by atoms with E-state index in [1.54, 1.807) is 11.0 Å². The third-order valence-electron chi connectivity index (χ3n) is 5.92. The molecule has 1 atom stereocenters. The molecule has 2 amide bonds. The molecule has 0 spiro atoms. The van der Waals surface area contributed by atoms with E-state index in [-0.39, 0.29) is 24.0 Å². The first-order chi connectivity index (χ1) is 17.5. The molecule has 36 heavy (non-hydrogen) atoms. The summed E-state index contributed by atoms with van der Waals surface area (Å²) in [6.45, 7) is 0.956. The van der Waals surface area contributed by atoms with Gasteiger partial charge in [0.1, 0.15) is 6.04 Å². The van der Waals surface area contributed by atoms with Crippen molar-refractivity contribution in [2.75, 3.05) is 19.7 Å². The lowest BCUT2D eigenvalue weighted by atomic mass is 10.0. The fraction of sp³-hybridized carbons (Fsp3) is 0.214. The fourth-order valence-electron chi connectivity index (χ4n) is 4.09. The summed E-state index contributed by atoms with van der Waals surface area (Å²) in [5.74, 6) is -1.24. The molecule has 0 aliphatic carbocycles. The summed E-state index contributed by atoms with van der Waals surface area (Å²) in [7, 11) is 0. The van der Waals surface area contributed by atoms with E-state index in [0.29, 0.717) is 19.5 Å². The Morgan fingerprint density at radius 3 is 2.64 bits per heavy atom. The lowest BCUT2D eigenvalue weighted by molar-refractivity contribution is -0.147. The third kappa shape index (κ3) is 6.55. The van der Waals surface area contributed by atoms with Gasteiger partial charge in [0.15, 0.2) is 5.11 Å². The lowest BCUT2D eigenvalue weighted by Crippen LogP contribution is -2.60. The number of piperazine rings is 1. The molecule has 1 fully saturated rings. The van der Waals surface area contributed by atoms with Gasteiger partial charge in [-0.15, -0.1) is 0 Å². The Balaban J connectivity index is 1.33. The zero-order chi connectivity index (χ0) is 25.3. The molecule has 8 heteroatoms. The predicted octanol–water partition coefficient (Wildman–Crippen LogP) is 3.23. The van der Waals surface area contributed by atoms with E-state index < -0.39 is 17.9 Å². The second kappa shape index (κ2) is 12.1. The van der Waals surface area contributed by atoms with Crippen molar-refractivity contribution >= 4 is 52.0 Å². The number of nitrogens with zero attached hydrogens (tertiary/aromatic N) is 1. The monoisotopic (exact) mass is 501 g/mol. The fourth-order valence-corrected chi connectivity index (χ4v) is 4.40. The van der Waals surface area contributed by atoms with E-state index in [1.165, 1.54) is 6.08 Å². The van der Waals surface area contributed by atoms with E-state index >= 15 is 0 Å². The molecular weight excluding hydrogens is 474 g/mol. The average Bonchev–Trinajstić information content (AvgIpc) is 2.89. The number of thiocarbonyl (C=S) groups is 1. The summed E-state index contributed by atoms with van der Waals surface area (Å²) in [5.41, 5.74) is 1.96. The van der Waals surface area contributed by atoms with Gasteiger partial charge in [0.25, 0.3) is 0 Å². The number of amides is 2. The van der Waals surface area contributed by atoms with Gasteiger partial charge < -0.3 is 15.0 Å². The zero-order valence-electron chi connectivity index (χ0n) is 19.7. The number of esters is 1. The highest BCUT2D eigenvalue weighted by Gasteiger charge is 2.34. The van der Waals surface area contributed by atoms with Crippen molar-refractivity contribution in [3.05, 3.63) is 90.0 Å². The Bertz CT molecular complexity index is 1290. The highest BCUT2D eigenvalue weighted by atomic mass is 32.1. The van der Waals surface area contributed by atoms with Crippen molar-refractivity contribution < 1.29 is 19.1 Å². The molecule has 1 aliphatic heterocycles. The summed E-state index contributed by atoms with van der Waals surface area (Å²) >= 11 is 5.42. The van der Waals surface area contributed by atoms with Crippen LogP contribution >= 0.6 is 12.2 Å². The smallest absolute Gasteiger partial charge is 0.308 e. The summed E-state index contributed by atoms with van der Waals surface area (Å²) < 4.78 is 5.34. The predicted molar refractivity (Wildman–Crippen MR) is 143 cm³/mol. The Kier molecular flexibility index (Phi) is 8.41. The molecule has 0 radical (unpaired) electrons. The van der Waals surface area contributed by atoms with Gasteiger partial charge in [-0.05, 0) is 40.2 Å². The van der Waals surface area contributed by atoms with E-state index in [0.717, 1.165) is 21.9 Å². The first kappa shape index (κ1) is 25.1. The van der Waals surface area contributed by atoms with Crippen molar-refractivity contribution in [2.45, 2.75) is 18.9 Å². The molecule has 1 unspecified atom stereocenters. The van der Waals surface area contributed by atoms with Crippen molar-refractivity contribution in [1.82, 2.24) is 15.5 Å². The molecule has 3 aromatic carbocycles. The van der Waals surface area contributed by atoms with Crippen LogP contribution in [0.25, 0.3) is 16.8 Å². The SMILES string of the molecule is O=C(/C=C/c1cccc2ccccc12)NC(=S)N1CCNC(=O)C1CC(=O)OCCc1ccccc1. The third-order valence-corrected chi connectivity index (χ3v) is 6.25. The minimum absolute atomic E-state index is 0.0968. The Morgan fingerprint density at radius 2 is 1.81 bits per heavy atom. The summed E-state index contributed by atoms with van der Waals surface area (Å²) in [6, 6.07) is 22.6. The molecule has 3 aromatic rings. The molecule has 1 saturated heterocycles. The Morgan fingerprint density at radius 1 is 1.06 bits per heavy atom. The number of benzene rings is 3. The van der Waals surface area contributed by atoms with Crippen molar-refractivity contribution in [2.24, 2.45) is 0 Å². The maximum absolute atomic E-state index is 12.6. The van der Waals surface area contributed by atoms with E-state index in [1.807, 2.05) is 72.8 Å². The van der Waals surface area contributed by atoms with Crippen LogP contribution in [0, 0.1) is 0 Å². The topological polar surface area (TPSA) is 87.7 Å². The number of ether oxygens (including phenoxy) is 1. The number of nitrogens with one attached hydrogen (secondary N) is 2. The van der Waals surface area contributed by atoms with Gasteiger partial charge in [0.2, 0.25) is 11.8 Å². The van der Waals surface area contributed by atoms with Crippen LogP contribution in [0.2, 0.25) is 0 Å². The molecular formula is C28H27N3O4S. The summed E-state index contributed by atoms with van der Waals surface area (Å²) in [5, 5.41) is 7.61. The lowest BCUT2D eigenvalue weighted by Gasteiger charge is -2.36. The molecule has 2 N–H and O–H groups in total. The van der Waals surface area contributed by atoms with Gasteiger partial charge in [0.05, 0.1) is 13.0 Å². The number of fused-ring (bicyclic) bond motifs is 1. The molecule has 7 nitrogen and oxygen atoms in total. The van der Waals surface area contributed by atoms with Crippen LogP contribution in [0.5, 0.6) is 0 Å². The second-order valence-electron chi connectivity index (χ2n) is 8.36. The van der Waals surface area contributed by atoms with Gasteiger partial charge in [-0.1, -0.05) is 72.8 Å². The quantitative estimate of drug-likeness (QED) is 0.294. The molecule has 0 saturated carbocycles. The Hall–Kier alpha value is -4.04. The zero-order valence-corrected chi connectivity index (χ0v) is 20.5. The van der Waals surface area contributed by atoms with Gasteiger partial charge in [0, 0.05) is 25.6 Å². The molecule has 184 valence electrons. The van der Waals surface area contributed by atoms with Crippen LogP contribution in [-0.4, -0.2) is 53.5 Å². The van der Waals surface area contributed by atoms with Crippen LogP contribution in [-0.2, 0) is 25.5 Å². The van der Waals surface area contributed by atoms with Crippen LogP contribution in [0.15, 0.2) is 78.9 Å². The van der Waals surface area contributed by atoms with Crippen LogP contribution < -0.4 is 10.6 Å². The van der Waals surface area contributed by atoms with Gasteiger partial charge in [-0.2, -0.15) is 0 Å². The molecule has 1 aliphatic rings. The first-order valence-electron chi connectivity index (χ1n) is 11.8. The molecule has 0 aromatic heterocycles.